The highest BCUT2D eigenvalue weighted by Crippen LogP contribution is 2.37. The molecule has 0 aromatic heterocycles. The Morgan fingerprint density at radius 2 is 1.93 bits per heavy atom. The predicted octanol–water partition coefficient (Wildman–Crippen LogP) is 4.86. The van der Waals surface area contributed by atoms with Crippen molar-refractivity contribution in [1.29, 1.82) is 0 Å². The molecule has 1 heterocycles. The van der Waals surface area contributed by atoms with Gasteiger partial charge in [-0.05, 0) is 24.0 Å². The second-order valence-electron chi connectivity index (χ2n) is 7.45. The summed E-state index contributed by atoms with van der Waals surface area (Å²) in [5.74, 6) is 0.430. The molecule has 2 atom stereocenters. The highest BCUT2D eigenvalue weighted by molar-refractivity contribution is 6.32. The number of hydrogen-bond donors (Lipinski definition) is 1. The van der Waals surface area contributed by atoms with Crippen LogP contribution in [0.1, 0.15) is 38.2 Å². The van der Waals surface area contributed by atoms with Gasteiger partial charge in [0, 0.05) is 30.8 Å². The Morgan fingerprint density at radius 3 is 2.60 bits per heavy atom. The summed E-state index contributed by atoms with van der Waals surface area (Å²) < 4.78 is 10.6. The van der Waals surface area contributed by atoms with E-state index in [0.717, 1.165) is 17.7 Å². The van der Waals surface area contributed by atoms with Gasteiger partial charge in [-0.1, -0.05) is 43.6 Å². The van der Waals surface area contributed by atoms with Gasteiger partial charge >= 0.3 is 0 Å². The Kier molecular flexibility index (Phi) is 6.87. The third-order valence-electron chi connectivity index (χ3n) is 5.60. The van der Waals surface area contributed by atoms with Gasteiger partial charge in [0.05, 0.1) is 30.8 Å². The van der Waals surface area contributed by atoms with Crippen molar-refractivity contribution in [3.05, 3.63) is 47.0 Å². The van der Waals surface area contributed by atoms with Crippen LogP contribution >= 0.6 is 11.6 Å². The van der Waals surface area contributed by atoms with Crippen molar-refractivity contribution >= 4 is 34.8 Å². The Morgan fingerprint density at radius 1 is 1.23 bits per heavy atom. The second kappa shape index (κ2) is 9.39. The molecule has 0 saturated carbocycles. The first-order chi connectivity index (χ1) is 14.4. The van der Waals surface area contributed by atoms with Gasteiger partial charge in [0.25, 0.3) is 0 Å². The number of carbonyl (C=O) groups is 2. The van der Waals surface area contributed by atoms with E-state index in [-0.39, 0.29) is 18.2 Å². The third-order valence-corrected chi connectivity index (χ3v) is 5.89. The summed E-state index contributed by atoms with van der Waals surface area (Å²) in [7, 11) is 3.00. The van der Waals surface area contributed by atoms with Crippen LogP contribution in [0.3, 0.4) is 0 Å². The van der Waals surface area contributed by atoms with Crippen LogP contribution < -0.4 is 19.7 Å². The van der Waals surface area contributed by atoms with Crippen molar-refractivity contribution in [3.63, 3.8) is 0 Å². The molecular formula is C23H27ClN2O4. The Balaban J connectivity index is 1.80. The standard InChI is InChI=1S/C23H27ClN2O4/c1-5-14(2)16-8-6-7-9-19(16)26-13-15(10-22(26)27)23(28)25-18-12-20(29-3)17(24)11-21(18)30-4/h6-9,11-12,14-15H,5,10,13H2,1-4H3,(H,25,28)/t14-,15-/m1/s1. The number of nitrogens with one attached hydrogen (secondary N) is 1. The molecule has 6 nitrogen and oxygen atoms in total. The number of ether oxygens (including phenoxy) is 2. The maximum absolute atomic E-state index is 12.9. The van der Waals surface area contributed by atoms with E-state index in [9.17, 15) is 9.59 Å². The summed E-state index contributed by atoms with van der Waals surface area (Å²) in [6.45, 7) is 4.60. The number of benzene rings is 2. The summed E-state index contributed by atoms with van der Waals surface area (Å²) >= 11 is 6.13. The fourth-order valence-corrected chi connectivity index (χ4v) is 3.91. The van der Waals surface area contributed by atoms with E-state index in [0.29, 0.717) is 34.7 Å². The van der Waals surface area contributed by atoms with Crippen LogP contribution in [-0.4, -0.2) is 32.6 Å². The minimum atomic E-state index is -0.464. The number of nitrogens with zero attached hydrogens (tertiary/aromatic N) is 1. The monoisotopic (exact) mass is 430 g/mol. The average molecular weight is 431 g/mol. The van der Waals surface area contributed by atoms with Crippen molar-refractivity contribution in [3.8, 4) is 11.5 Å². The average Bonchev–Trinajstić information content (AvgIpc) is 3.15. The Bertz CT molecular complexity index is 947. The molecular weight excluding hydrogens is 404 g/mol. The number of rotatable bonds is 7. The zero-order valence-electron chi connectivity index (χ0n) is 17.7. The molecule has 30 heavy (non-hydrogen) atoms. The van der Waals surface area contributed by atoms with E-state index in [1.54, 1.807) is 17.0 Å². The SMILES string of the molecule is CC[C@@H](C)c1ccccc1N1C[C@H](C(=O)Nc2cc(OC)c(Cl)cc2OC)CC1=O. The first-order valence-electron chi connectivity index (χ1n) is 10.0. The Hall–Kier alpha value is -2.73. The number of methoxy groups -OCH3 is 2. The number of carbonyl (C=O) groups excluding carboxylic acids is 2. The molecule has 0 aliphatic carbocycles. The van der Waals surface area contributed by atoms with Crippen molar-refractivity contribution in [2.75, 3.05) is 31.0 Å². The summed E-state index contributed by atoms with van der Waals surface area (Å²) in [4.78, 5) is 27.4. The fraction of sp³-hybridized carbons (Fsp3) is 0.391. The number of anilines is 2. The van der Waals surface area contributed by atoms with Gasteiger partial charge in [0.15, 0.2) is 0 Å². The molecule has 0 spiro atoms. The maximum Gasteiger partial charge on any atom is 0.229 e. The molecule has 1 N–H and O–H groups in total. The van der Waals surface area contributed by atoms with E-state index in [4.69, 9.17) is 21.1 Å². The molecule has 2 aromatic carbocycles. The molecule has 1 saturated heterocycles. The van der Waals surface area contributed by atoms with E-state index >= 15 is 0 Å². The molecule has 0 unspecified atom stereocenters. The lowest BCUT2D eigenvalue weighted by Gasteiger charge is -2.23. The minimum absolute atomic E-state index is 0.0495. The first-order valence-corrected chi connectivity index (χ1v) is 10.4. The molecule has 3 rings (SSSR count). The number of para-hydroxylation sites is 1. The van der Waals surface area contributed by atoms with E-state index in [1.165, 1.54) is 14.2 Å². The van der Waals surface area contributed by atoms with E-state index in [1.807, 2.05) is 18.2 Å². The highest BCUT2D eigenvalue weighted by atomic mass is 35.5. The smallest absolute Gasteiger partial charge is 0.229 e. The van der Waals surface area contributed by atoms with Gasteiger partial charge in [0.1, 0.15) is 11.5 Å². The summed E-state index contributed by atoms with van der Waals surface area (Å²) in [5, 5.41) is 3.25. The van der Waals surface area contributed by atoms with Crippen molar-refractivity contribution in [2.24, 2.45) is 5.92 Å². The maximum atomic E-state index is 12.9. The van der Waals surface area contributed by atoms with Crippen molar-refractivity contribution in [1.82, 2.24) is 0 Å². The Labute approximate surface area is 182 Å². The van der Waals surface area contributed by atoms with Crippen LogP contribution in [0.25, 0.3) is 0 Å². The van der Waals surface area contributed by atoms with Gasteiger partial charge in [-0.3, -0.25) is 9.59 Å². The second-order valence-corrected chi connectivity index (χ2v) is 7.86. The summed E-state index contributed by atoms with van der Waals surface area (Å²) in [6, 6.07) is 11.1. The molecule has 0 bridgehead atoms. The number of amides is 2. The summed E-state index contributed by atoms with van der Waals surface area (Å²) in [6.07, 6.45) is 1.13. The summed E-state index contributed by atoms with van der Waals surface area (Å²) in [5.41, 5.74) is 2.46. The van der Waals surface area contributed by atoms with Crippen LogP contribution in [-0.2, 0) is 9.59 Å². The number of hydrogen-bond acceptors (Lipinski definition) is 4. The van der Waals surface area contributed by atoms with Crippen LogP contribution in [0.4, 0.5) is 11.4 Å². The third kappa shape index (κ3) is 4.38. The predicted molar refractivity (Wildman–Crippen MR) is 119 cm³/mol. The van der Waals surface area contributed by atoms with E-state index < -0.39 is 5.92 Å². The van der Waals surface area contributed by atoms with Crippen LogP contribution in [0, 0.1) is 5.92 Å². The van der Waals surface area contributed by atoms with Gasteiger partial charge < -0.3 is 19.7 Å². The first kappa shape index (κ1) is 22.0. The van der Waals surface area contributed by atoms with Crippen LogP contribution in [0.5, 0.6) is 11.5 Å². The van der Waals surface area contributed by atoms with Crippen LogP contribution in [0.2, 0.25) is 5.02 Å². The molecule has 1 fully saturated rings. The zero-order chi connectivity index (χ0) is 21.8. The van der Waals surface area contributed by atoms with E-state index in [2.05, 4.69) is 25.2 Å². The van der Waals surface area contributed by atoms with Crippen molar-refractivity contribution < 1.29 is 19.1 Å². The lowest BCUT2D eigenvalue weighted by atomic mass is 9.96. The van der Waals surface area contributed by atoms with Crippen molar-refractivity contribution in [2.45, 2.75) is 32.6 Å². The lowest BCUT2D eigenvalue weighted by molar-refractivity contribution is -0.122. The van der Waals surface area contributed by atoms with Gasteiger partial charge in [-0.2, -0.15) is 0 Å². The lowest BCUT2D eigenvalue weighted by Crippen LogP contribution is -2.29. The highest BCUT2D eigenvalue weighted by Gasteiger charge is 2.36. The zero-order valence-corrected chi connectivity index (χ0v) is 18.5. The molecule has 2 aromatic rings. The topological polar surface area (TPSA) is 67.9 Å². The molecule has 2 amide bonds. The fourth-order valence-electron chi connectivity index (χ4n) is 3.68. The van der Waals surface area contributed by atoms with Crippen LogP contribution in [0.15, 0.2) is 36.4 Å². The molecule has 1 aliphatic rings. The minimum Gasteiger partial charge on any atom is -0.495 e. The molecule has 0 radical (unpaired) electrons. The van der Waals surface area contributed by atoms with Gasteiger partial charge in [-0.15, -0.1) is 0 Å². The number of halogens is 1. The largest absolute Gasteiger partial charge is 0.495 e. The molecule has 7 heteroatoms. The quantitative estimate of drug-likeness (QED) is 0.680. The molecule has 160 valence electrons. The molecule has 1 aliphatic heterocycles. The van der Waals surface area contributed by atoms with Gasteiger partial charge in [0.2, 0.25) is 11.8 Å². The van der Waals surface area contributed by atoms with Gasteiger partial charge in [-0.25, -0.2) is 0 Å². The normalized spacial score (nSPS) is 17.0.